The number of benzene rings is 3. The molecule has 30 heavy (non-hydrogen) atoms. The van der Waals surface area contributed by atoms with Crippen molar-refractivity contribution in [3.8, 4) is 5.75 Å². The fourth-order valence-corrected chi connectivity index (χ4v) is 3.63. The summed E-state index contributed by atoms with van der Waals surface area (Å²) in [7, 11) is -3.84. The Bertz CT molecular complexity index is 1120. The molecule has 10 heteroatoms. The minimum absolute atomic E-state index is 0.0255. The number of anilines is 2. The number of sulfonamides is 1. The molecule has 3 aromatic rings. The van der Waals surface area contributed by atoms with E-state index in [0.717, 1.165) is 0 Å². The summed E-state index contributed by atoms with van der Waals surface area (Å²) in [5.74, 6) is -0.530. The smallest absolute Gasteiger partial charge is 0.387 e. The zero-order valence-electron chi connectivity index (χ0n) is 15.2. The van der Waals surface area contributed by atoms with Crippen molar-refractivity contribution in [3.63, 3.8) is 0 Å². The normalized spacial score (nSPS) is 11.2. The van der Waals surface area contributed by atoms with E-state index >= 15 is 0 Å². The summed E-state index contributed by atoms with van der Waals surface area (Å²) in [5.41, 5.74) is 0.927. The molecule has 0 aliphatic carbocycles. The van der Waals surface area contributed by atoms with Gasteiger partial charge in [-0.1, -0.05) is 11.6 Å². The molecule has 0 unspecified atom stereocenters. The van der Waals surface area contributed by atoms with Crippen LogP contribution in [0.25, 0.3) is 0 Å². The van der Waals surface area contributed by atoms with Crippen LogP contribution in [0.5, 0.6) is 5.75 Å². The maximum absolute atomic E-state index is 12.5. The van der Waals surface area contributed by atoms with Gasteiger partial charge in [-0.2, -0.15) is 8.78 Å². The van der Waals surface area contributed by atoms with Crippen LogP contribution in [0.1, 0.15) is 10.4 Å². The first-order valence-corrected chi connectivity index (χ1v) is 10.3. The third-order valence-electron chi connectivity index (χ3n) is 3.86. The van der Waals surface area contributed by atoms with Crippen molar-refractivity contribution < 1.29 is 26.7 Å². The van der Waals surface area contributed by atoms with Gasteiger partial charge in [-0.25, -0.2) is 8.42 Å². The van der Waals surface area contributed by atoms with Crippen LogP contribution in [0.3, 0.4) is 0 Å². The molecule has 0 bridgehead atoms. The van der Waals surface area contributed by atoms with Gasteiger partial charge in [0.25, 0.3) is 15.9 Å². The zero-order chi connectivity index (χ0) is 21.7. The second-order valence-electron chi connectivity index (χ2n) is 5.99. The summed E-state index contributed by atoms with van der Waals surface area (Å²) in [6, 6.07) is 16.9. The monoisotopic (exact) mass is 452 g/mol. The highest BCUT2D eigenvalue weighted by Crippen LogP contribution is 2.20. The number of hydrogen-bond acceptors (Lipinski definition) is 4. The predicted molar refractivity (Wildman–Crippen MR) is 110 cm³/mol. The summed E-state index contributed by atoms with van der Waals surface area (Å²) in [6.45, 7) is -2.94. The summed E-state index contributed by atoms with van der Waals surface area (Å²) in [4.78, 5) is 12.3. The first kappa shape index (κ1) is 21.5. The molecule has 0 spiro atoms. The van der Waals surface area contributed by atoms with Gasteiger partial charge in [0, 0.05) is 22.0 Å². The van der Waals surface area contributed by atoms with Crippen molar-refractivity contribution in [3.05, 3.63) is 83.4 Å². The molecule has 3 rings (SSSR count). The summed E-state index contributed by atoms with van der Waals surface area (Å²) < 4.78 is 55.9. The van der Waals surface area contributed by atoms with Gasteiger partial charge in [0.15, 0.2) is 0 Å². The van der Waals surface area contributed by atoms with Gasteiger partial charge >= 0.3 is 6.61 Å². The van der Waals surface area contributed by atoms with E-state index in [4.69, 9.17) is 11.6 Å². The molecular formula is C20H15ClF2N2O4S. The number of halogens is 3. The maximum atomic E-state index is 12.5. The second kappa shape index (κ2) is 9.10. The molecule has 0 aliphatic heterocycles. The lowest BCUT2D eigenvalue weighted by atomic mass is 10.2. The third kappa shape index (κ3) is 5.68. The minimum atomic E-state index is -3.84. The summed E-state index contributed by atoms with van der Waals surface area (Å²) >= 11 is 5.78. The largest absolute Gasteiger partial charge is 0.435 e. The summed E-state index contributed by atoms with van der Waals surface area (Å²) in [5, 5.41) is 3.06. The van der Waals surface area contributed by atoms with Crippen LogP contribution in [-0.2, 0) is 10.0 Å². The van der Waals surface area contributed by atoms with Crippen molar-refractivity contribution >= 4 is 38.9 Å². The highest BCUT2D eigenvalue weighted by atomic mass is 35.5. The molecular weight excluding hydrogens is 438 g/mol. The molecule has 0 fully saturated rings. The first-order chi connectivity index (χ1) is 14.2. The van der Waals surface area contributed by atoms with Crippen LogP contribution in [0.2, 0.25) is 5.02 Å². The van der Waals surface area contributed by atoms with Crippen LogP contribution in [-0.4, -0.2) is 20.9 Å². The van der Waals surface area contributed by atoms with E-state index in [1.54, 1.807) is 12.1 Å². The van der Waals surface area contributed by atoms with Crippen molar-refractivity contribution in [2.24, 2.45) is 0 Å². The molecule has 0 atom stereocenters. The average molecular weight is 453 g/mol. The molecule has 0 aliphatic rings. The van der Waals surface area contributed by atoms with Crippen molar-refractivity contribution in [1.29, 1.82) is 0 Å². The van der Waals surface area contributed by atoms with Gasteiger partial charge in [-0.05, 0) is 72.8 Å². The quantitative estimate of drug-likeness (QED) is 0.528. The van der Waals surface area contributed by atoms with Crippen molar-refractivity contribution in [2.75, 3.05) is 10.0 Å². The van der Waals surface area contributed by atoms with Crippen LogP contribution in [0, 0.1) is 0 Å². The fourth-order valence-electron chi connectivity index (χ4n) is 2.44. The SMILES string of the molecule is O=C(Nc1ccc(OC(F)F)cc1)c1ccc(S(=O)(=O)Nc2ccc(Cl)cc2)cc1. The standard InChI is InChI=1S/C20H15ClF2N2O4S/c21-14-3-5-16(6-4-14)25-30(27,28)18-11-1-13(2-12-18)19(26)24-15-7-9-17(10-8-15)29-20(22)23/h1-12,20,25H,(H,24,26). The van der Waals surface area contributed by atoms with E-state index in [2.05, 4.69) is 14.8 Å². The predicted octanol–water partition coefficient (Wildman–Crippen LogP) is 4.99. The van der Waals surface area contributed by atoms with Crippen LogP contribution in [0.4, 0.5) is 20.2 Å². The Morgan fingerprint density at radius 2 is 1.43 bits per heavy atom. The Labute approximate surface area is 176 Å². The number of alkyl halides is 2. The Kier molecular flexibility index (Phi) is 6.53. The van der Waals surface area contributed by atoms with Gasteiger partial charge < -0.3 is 10.1 Å². The number of hydrogen-bond donors (Lipinski definition) is 2. The zero-order valence-corrected chi connectivity index (χ0v) is 16.8. The van der Waals surface area contributed by atoms with Crippen LogP contribution < -0.4 is 14.8 Å². The number of nitrogens with one attached hydrogen (secondary N) is 2. The lowest BCUT2D eigenvalue weighted by Crippen LogP contribution is -2.14. The summed E-state index contributed by atoms with van der Waals surface area (Å²) in [6.07, 6.45) is 0. The van der Waals surface area contributed by atoms with Gasteiger partial charge in [0.05, 0.1) is 4.90 Å². The minimum Gasteiger partial charge on any atom is -0.435 e. The highest BCUT2D eigenvalue weighted by Gasteiger charge is 2.15. The molecule has 1 amide bonds. The number of ether oxygens (including phenoxy) is 1. The molecule has 6 nitrogen and oxygen atoms in total. The number of carbonyl (C=O) groups excluding carboxylic acids is 1. The molecule has 0 radical (unpaired) electrons. The lowest BCUT2D eigenvalue weighted by Gasteiger charge is -2.10. The number of carbonyl (C=O) groups is 1. The van der Waals surface area contributed by atoms with Gasteiger partial charge in [-0.15, -0.1) is 0 Å². The van der Waals surface area contributed by atoms with Crippen molar-refractivity contribution in [1.82, 2.24) is 0 Å². The third-order valence-corrected chi connectivity index (χ3v) is 5.51. The topological polar surface area (TPSA) is 84.5 Å². The van der Waals surface area contributed by atoms with Crippen LogP contribution >= 0.6 is 11.6 Å². The van der Waals surface area contributed by atoms with E-state index in [1.807, 2.05) is 0 Å². The molecule has 0 saturated carbocycles. The number of amides is 1. The maximum Gasteiger partial charge on any atom is 0.387 e. The number of rotatable bonds is 7. The van der Waals surface area contributed by atoms with Gasteiger partial charge in [0.2, 0.25) is 0 Å². The Hall–Kier alpha value is -3.17. The van der Waals surface area contributed by atoms with E-state index in [1.165, 1.54) is 60.7 Å². The Balaban J connectivity index is 1.67. The van der Waals surface area contributed by atoms with E-state index in [0.29, 0.717) is 16.4 Å². The molecule has 156 valence electrons. The molecule has 3 aromatic carbocycles. The van der Waals surface area contributed by atoms with Crippen LogP contribution in [0.15, 0.2) is 77.7 Å². The second-order valence-corrected chi connectivity index (χ2v) is 8.11. The Morgan fingerprint density at radius 1 is 0.867 bits per heavy atom. The van der Waals surface area contributed by atoms with Gasteiger partial charge in [0.1, 0.15) is 5.75 Å². The molecule has 2 N–H and O–H groups in total. The first-order valence-electron chi connectivity index (χ1n) is 8.48. The van der Waals surface area contributed by atoms with Gasteiger partial charge in [-0.3, -0.25) is 9.52 Å². The van der Waals surface area contributed by atoms with Crippen molar-refractivity contribution in [2.45, 2.75) is 11.5 Å². The van der Waals surface area contributed by atoms with E-state index in [-0.39, 0.29) is 16.2 Å². The molecule has 0 aromatic heterocycles. The Morgan fingerprint density at radius 3 is 2.00 bits per heavy atom. The average Bonchev–Trinajstić information content (AvgIpc) is 2.71. The molecule has 0 saturated heterocycles. The fraction of sp³-hybridized carbons (Fsp3) is 0.0500. The molecule has 0 heterocycles. The lowest BCUT2D eigenvalue weighted by molar-refractivity contribution is -0.0498. The van der Waals surface area contributed by atoms with E-state index in [9.17, 15) is 22.0 Å². The highest BCUT2D eigenvalue weighted by molar-refractivity contribution is 7.92. The van der Waals surface area contributed by atoms with E-state index < -0.39 is 22.5 Å².